The molecule has 0 N–H and O–H groups in total. The summed E-state index contributed by atoms with van der Waals surface area (Å²) in [6, 6.07) is 19.6. The number of alkyl halides is 1. The van der Waals surface area contributed by atoms with Gasteiger partial charge in [0.1, 0.15) is 6.10 Å². The van der Waals surface area contributed by atoms with Gasteiger partial charge >= 0.3 is 0 Å². The van der Waals surface area contributed by atoms with Crippen LogP contribution >= 0.6 is 15.9 Å². The molecule has 2 aromatic carbocycles. The van der Waals surface area contributed by atoms with Gasteiger partial charge in [0.15, 0.2) is 0 Å². The molecule has 0 aromatic heterocycles. The first-order valence-electron chi connectivity index (χ1n) is 5.66. The van der Waals surface area contributed by atoms with Gasteiger partial charge in [-0.2, -0.15) is 0 Å². The molecule has 0 heterocycles. The molecule has 0 aliphatic heterocycles. The van der Waals surface area contributed by atoms with Crippen molar-refractivity contribution in [3.63, 3.8) is 0 Å². The summed E-state index contributed by atoms with van der Waals surface area (Å²) in [6.45, 7) is 0.495. The van der Waals surface area contributed by atoms with E-state index in [1.807, 2.05) is 60.7 Å². The van der Waals surface area contributed by atoms with Crippen molar-refractivity contribution in [3.8, 4) is 0 Å². The van der Waals surface area contributed by atoms with E-state index in [1.54, 1.807) is 0 Å². The maximum atomic E-state index is 10.7. The highest BCUT2D eigenvalue weighted by atomic mass is 79.9. The molecule has 0 saturated heterocycles. The van der Waals surface area contributed by atoms with E-state index in [4.69, 9.17) is 4.74 Å². The number of hydrogen-bond donors (Lipinski definition) is 0. The van der Waals surface area contributed by atoms with Crippen LogP contribution in [-0.2, 0) is 9.53 Å². The van der Waals surface area contributed by atoms with Crippen LogP contribution in [0.1, 0.15) is 22.1 Å². The minimum Gasteiger partial charge on any atom is -0.458 e. The Morgan fingerprint density at radius 3 is 1.89 bits per heavy atom. The minimum absolute atomic E-state index is 0.0636. The summed E-state index contributed by atoms with van der Waals surface area (Å²) in [6.07, 6.45) is -0.328. The summed E-state index contributed by atoms with van der Waals surface area (Å²) in [5, 5.41) is 0. The SMILES string of the molecule is O=CO[C@H](c1ccccc1)[C@H](Br)c1ccccc1. The summed E-state index contributed by atoms with van der Waals surface area (Å²) in [4.78, 5) is 10.6. The molecule has 0 radical (unpaired) electrons. The van der Waals surface area contributed by atoms with E-state index < -0.39 is 0 Å². The lowest BCUT2D eigenvalue weighted by molar-refractivity contribution is -0.133. The molecule has 18 heavy (non-hydrogen) atoms. The van der Waals surface area contributed by atoms with Gasteiger partial charge < -0.3 is 4.74 Å². The highest BCUT2D eigenvalue weighted by Crippen LogP contribution is 2.38. The zero-order valence-corrected chi connectivity index (χ0v) is 11.3. The summed E-state index contributed by atoms with van der Waals surface area (Å²) in [7, 11) is 0. The minimum atomic E-state index is -0.328. The molecule has 2 aromatic rings. The summed E-state index contributed by atoms with van der Waals surface area (Å²) < 4.78 is 5.22. The number of ether oxygens (including phenoxy) is 1. The van der Waals surface area contributed by atoms with Gasteiger partial charge in [0.05, 0.1) is 4.83 Å². The molecule has 2 nitrogen and oxygen atoms in total. The van der Waals surface area contributed by atoms with Gasteiger partial charge in [0, 0.05) is 0 Å². The van der Waals surface area contributed by atoms with Gasteiger partial charge in [-0.3, -0.25) is 4.79 Å². The van der Waals surface area contributed by atoms with Crippen molar-refractivity contribution in [1.82, 2.24) is 0 Å². The molecule has 0 saturated carbocycles. The predicted octanol–water partition coefficient (Wildman–Crippen LogP) is 4.04. The molecule has 3 heteroatoms. The highest BCUT2D eigenvalue weighted by Gasteiger charge is 2.23. The van der Waals surface area contributed by atoms with Crippen LogP contribution in [0.5, 0.6) is 0 Å². The average molecular weight is 305 g/mol. The molecule has 0 unspecified atom stereocenters. The molecule has 0 amide bonds. The Kier molecular flexibility index (Phi) is 4.53. The van der Waals surface area contributed by atoms with E-state index >= 15 is 0 Å². The Hall–Kier alpha value is -1.61. The molecular weight excluding hydrogens is 292 g/mol. The van der Waals surface area contributed by atoms with Crippen LogP contribution in [0.3, 0.4) is 0 Å². The Morgan fingerprint density at radius 1 is 0.889 bits per heavy atom. The van der Waals surface area contributed by atoms with Crippen molar-refractivity contribution < 1.29 is 9.53 Å². The van der Waals surface area contributed by atoms with Crippen LogP contribution < -0.4 is 0 Å². The quantitative estimate of drug-likeness (QED) is 0.615. The van der Waals surface area contributed by atoms with Crippen molar-refractivity contribution in [2.75, 3.05) is 0 Å². The van der Waals surface area contributed by atoms with E-state index in [2.05, 4.69) is 15.9 Å². The fraction of sp³-hybridized carbons (Fsp3) is 0.133. The number of hydrogen-bond acceptors (Lipinski definition) is 2. The van der Waals surface area contributed by atoms with E-state index in [0.717, 1.165) is 11.1 Å². The number of benzene rings is 2. The first-order chi connectivity index (χ1) is 8.83. The second kappa shape index (κ2) is 6.36. The largest absolute Gasteiger partial charge is 0.458 e. The fourth-order valence-corrected chi connectivity index (χ4v) is 2.57. The van der Waals surface area contributed by atoms with Gasteiger partial charge in [-0.05, 0) is 11.1 Å². The van der Waals surface area contributed by atoms with Crippen molar-refractivity contribution in [2.45, 2.75) is 10.9 Å². The molecule has 2 atom stereocenters. The Bertz CT molecular complexity index is 484. The number of carbonyl (C=O) groups excluding carboxylic acids is 1. The molecule has 2 rings (SSSR count). The van der Waals surface area contributed by atoms with Crippen LogP contribution in [0, 0.1) is 0 Å². The second-order valence-electron chi connectivity index (χ2n) is 3.88. The summed E-state index contributed by atoms with van der Waals surface area (Å²) in [5.74, 6) is 0. The first kappa shape index (κ1) is 12.8. The number of carbonyl (C=O) groups is 1. The van der Waals surface area contributed by atoms with Crippen molar-refractivity contribution >= 4 is 22.4 Å². The van der Waals surface area contributed by atoms with Gasteiger partial charge in [-0.25, -0.2) is 0 Å². The fourth-order valence-electron chi connectivity index (χ4n) is 1.83. The third-order valence-corrected chi connectivity index (χ3v) is 3.72. The van der Waals surface area contributed by atoms with E-state index in [-0.39, 0.29) is 10.9 Å². The van der Waals surface area contributed by atoms with E-state index in [9.17, 15) is 4.79 Å². The van der Waals surface area contributed by atoms with Crippen LogP contribution in [0.2, 0.25) is 0 Å². The smallest absolute Gasteiger partial charge is 0.293 e. The van der Waals surface area contributed by atoms with E-state index in [0.29, 0.717) is 6.47 Å². The standard InChI is InChI=1S/C15H13BrO2/c16-14(12-7-3-1-4-8-12)15(18-11-17)13-9-5-2-6-10-13/h1-11,14-15H/t14-,15-/m1/s1. The predicted molar refractivity (Wildman–Crippen MR) is 74.4 cm³/mol. The van der Waals surface area contributed by atoms with Crippen LogP contribution in [0.25, 0.3) is 0 Å². The third kappa shape index (κ3) is 2.99. The van der Waals surface area contributed by atoms with Crippen LogP contribution in [0.4, 0.5) is 0 Å². The maximum Gasteiger partial charge on any atom is 0.293 e. The lowest BCUT2D eigenvalue weighted by atomic mass is 10.0. The van der Waals surface area contributed by atoms with Gasteiger partial charge in [-0.1, -0.05) is 76.6 Å². The molecular formula is C15H13BrO2. The molecule has 0 spiro atoms. The highest BCUT2D eigenvalue weighted by molar-refractivity contribution is 9.09. The lowest BCUT2D eigenvalue weighted by Gasteiger charge is -2.21. The molecule has 92 valence electrons. The average Bonchev–Trinajstić information content (AvgIpc) is 2.46. The molecule has 0 aliphatic carbocycles. The van der Waals surface area contributed by atoms with Gasteiger partial charge in [0.2, 0.25) is 0 Å². The van der Waals surface area contributed by atoms with Crippen molar-refractivity contribution in [2.24, 2.45) is 0 Å². The number of rotatable bonds is 5. The monoisotopic (exact) mass is 304 g/mol. The maximum absolute atomic E-state index is 10.7. The van der Waals surface area contributed by atoms with Crippen molar-refractivity contribution in [1.29, 1.82) is 0 Å². The van der Waals surface area contributed by atoms with Gasteiger partial charge in [-0.15, -0.1) is 0 Å². The molecule has 0 fully saturated rings. The Labute approximate surface area is 115 Å². The Morgan fingerprint density at radius 2 is 1.39 bits per heavy atom. The normalized spacial score (nSPS) is 13.6. The van der Waals surface area contributed by atoms with Gasteiger partial charge in [0.25, 0.3) is 6.47 Å². The Balaban J connectivity index is 2.28. The summed E-state index contributed by atoms with van der Waals surface area (Å²) in [5.41, 5.74) is 2.04. The first-order valence-corrected chi connectivity index (χ1v) is 6.57. The zero-order valence-electron chi connectivity index (χ0n) is 9.70. The van der Waals surface area contributed by atoms with Crippen LogP contribution in [-0.4, -0.2) is 6.47 Å². The summed E-state index contributed by atoms with van der Waals surface area (Å²) >= 11 is 3.61. The molecule has 0 aliphatic rings. The van der Waals surface area contributed by atoms with Crippen LogP contribution in [0.15, 0.2) is 60.7 Å². The van der Waals surface area contributed by atoms with Crippen molar-refractivity contribution in [3.05, 3.63) is 71.8 Å². The zero-order chi connectivity index (χ0) is 12.8. The third-order valence-electron chi connectivity index (χ3n) is 2.71. The topological polar surface area (TPSA) is 26.3 Å². The lowest BCUT2D eigenvalue weighted by Crippen LogP contribution is -2.09. The van der Waals surface area contributed by atoms with E-state index in [1.165, 1.54) is 0 Å². The number of halogens is 1. The molecule has 0 bridgehead atoms. The second-order valence-corrected chi connectivity index (χ2v) is 4.86.